The molecular formula is C8H11F2NO. The smallest absolute Gasteiger partial charge is 0.267 e. The maximum atomic E-state index is 13.3. The van der Waals surface area contributed by atoms with Crippen molar-refractivity contribution in [2.24, 2.45) is 0 Å². The monoisotopic (exact) mass is 175 g/mol. The van der Waals surface area contributed by atoms with E-state index in [0.29, 0.717) is 19.3 Å². The number of hydrogen-bond donors (Lipinski definition) is 2. The topological polar surface area (TPSA) is 32.3 Å². The molecule has 2 atom stereocenters. The summed E-state index contributed by atoms with van der Waals surface area (Å²) in [6.07, 6.45) is 0.928. The first-order valence-corrected chi connectivity index (χ1v) is 4.35. The van der Waals surface area contributed by atoms with E-state index in [4.69, 9.17) is 0 Å². The summed E-state index contributed by atoms with van der Waals surface area (Å²) >= 11 is 0. The molecule has 1 unspecified atom stereocenters. The highest BCUT2D eigenvalue weighted by Crippen LogP contribution is 2.62. The fraction of sp³-hybridized carbons (Fsp3) is 1.00. The zero-order chi connectivity index (χ0) is 8.61. The quantitative estimate of drug-likeness (QED) is 0.566. The molecule has 1 heterocycles. The molecule has 4 heteroatoms. The van der Waals surface area contributed by atoms with Gasteiger partial charge in [-0.1, -0.05) is 0 Å². The minimum Gasteiger partial charge on any atom is -0.391 e. The van der Waals surface area contributed by atoms with Crippen LogP contribution in [-0.4, -0.2) is 28.2 Å². The van der Waals surface area contributed by atoms with E-state index in [-0.39, 0.29) is 6.42 Å². The Hall–Kier alpha value is -0.220. The van der Waals surface area contributed by atoms with Crippen molar-refractivity contribution < 1.29 is 13.9 Å². The normalized spacial score (nSPS) is 51.8. The molecule has 3 fully saturated rings. The molecule has 2 aliphatic carbocycles. The van der Waals surface area contributed by atoms with Crippen molar-refractivity contribution >= 4 is 0 Å². The molecule has 2 saturated carbocycles. The highest BCUT2D eigenvalue weighted by molar-refractivity contribution is 5.30. The first kappa shape index (κ1) is 7.21. The molecule has 3 rings (SSSR count). The van der Waals surface area contributed by atoms with Gasteiger partial charge in [-0.2, -0.15) is 0 Å². The molecule has 0 aromatic heterocycles. The van der Waals surface area contributed by atoms with E-state index < -0.39 is 23.1 Å². The third kappa shape index (κ3) is 0.623. The second-order valence-electron chi connectivity index (χ2n) is 4.46. The first-order chi connectivity index (χ1) is 5.50. The molecule has 0 amide bonds. The Kier molecular flexibility index (Phi) is 0.932. The number of alkyl halides is 2. The number of rotatable bonds is 0. The molecule has 0 radical (unpaired) electrons. The lowest BCUT2D eigenvalue weighted by Crippen LogP contribution is -2.40. The van der Waals surface area contributed by atoms with Crippen molar-refractivity contribution in [1.29, 1.82) is 0 Å². The zero-order valence-electron chi connectivity index (χ0n) is 6.61. The van der Waals surface area contributed by atoms with Crippen LogP contribution >= 0.6 is 0 Å². The molecule has 68 valence electrons. The van der Waals surface area contributed by atoms with Gasteiger partial charge in [0, 0.05) is 6.42 Å². The van der Waals surface area contributed by atoms with E-state index in [0.717, 1.165) is 0 Å². The molecule has 2 N–H and O–H groups in total. The number of nitrogens with one attached hydrogen (secondary N) is 1. The van der Waals surface area contributed by atoms with E-state index in [1.54, 1.807) is 0 Å². The third-order valence-electron chi connectivity index (χ3n) is 3.51. The van der Waals surface area contributed by atoms with Crippen molar-refractivity contribution in [3.63, 3.8) is 0 Å². The number of halogens is 2. The molecule has 3 aliphatic rings. The predicted octanol–water partition coefficient (Wildman–Crippen LogP) is 0.651. The van der Waals surface area contributed by atoms with E-state index in [2.05, 4.69) is 5.32 Å². The van der Waals surface area contributed by atoms with Crippen LogP contribution in [0.2, 0.25) is 0 Å². The molecule has 0 aromatic carbocycles. The Morgan fingerprint density at radius 3 is 2.17 bits per heavy atom. The molecule has 2 nitrogen and oxygen atoms in total. The minimum absolute atomic E-state index is 0.166. The summed E-state index contributed by atoms with van der Waals surface area (Å²) in [6.45, 7) is 0. The summed E-state index contributed by atoms with van der Waals surface area (Å²) in [4.78, 5) is 0. The second kappa shape index (κ2) is 1.55. The Bertz CT molecular complexity index is 243. The van der Waals surface area contributed by atoms with Crippen molar-refractivity contribution in [2.45, 2.75) is 48.8 Å². The zero-order valence-corrected chi connectivity index (χ0v) is 6.61. The second-order valence-corrected chi connectivity index (χ2v) is 4.46. The summed E-state index contributed by atoms with van der Waals surface area (Å²) in [5.74, 6) is -2.59. The van der Waals surface area contributed by atoms with Crippen molar-refractivity contribution in [1.82, 2.24) is 5.32 Å². The van der Waals surface area contributed by atoms with Crippen LogP contribution in [0.25, 0.3) is 0 Å². The highest BCUT2D eigenvalue weighted by atomic mass is 19.3. The van der Waals surface area contributed by atoms with Crippen LogP contribution < -0.4 is 5.32 Å². The van der Waals surface area contributed by atoms with Gasteiger partial charge < -0.3 is 5.11 Å². The fourth-order valence-corrected chi connectivity index (χ4v) is 2.40. The van der Waals surface area contributed by atoms with Gasteiger partial charge >= 0.3 is 0 Å². The van der Waals surface area contributed by atoms with Gasteiger partial charge in [0.15, 0.2) is 0 Å². The summed E-state index contributed by atoms with van der Waals surface area (Å²) in [6, 6.07) is 0. The van der Waals surface area contributed by atoms with Crippen molar-refractivity contribution in [3.05, 3.63) is 0 Å². The van der Waals surface area contributed by atoms with Crippen LogP contribution in [0.5, 0.6) is 0 Å². The predicted molar refractivity (Wildman–Crippen MR) is 38.0 cm³/mol. The van der Waals surface area contributed by atoms with Crippen LogP contribution in [0.15, 0.2) is 0 Å². The largest absolute Gasteiger partial charge is 0.391 e. The Morgan fingerprint density at radius 1 is 1.33 bits per heavy atom. The maximum absolute atomic E-state index is 13.3. The van der Waals surface area contributed by atoms with Gasteiger partial charge in [-0.05, 0) is 19.3 Å². The first-order valence-electron chi connectivity index (χ1n) is 4.35. The Labute approximate surface area is 69.0 Å². The summed E-state index contributed by atoms with van der Waals surface area (Å²) in [5.41, 5.74) is -1.54. The molecule has 1 aliphatic heterocycles. The van der Waals surface area contributed by atoms with Crippen LogP contribution in [0.3, 0.4) is 0 Å². The highest BCUT2D eigenvalue weighted by Gasteiger charge is 2.76. The molecule has 0 bridgehead atoms. The summed E-state index contributed by atoms with van der Waals surface area (Å²) in [5, 5.41) is 12.1. The van der Waals surface area contributed by atoms with Gasteiger partial charge in [0.05, 0.1) is 17.2 Å². The average Bonchev–Trinajstić information content (AvgIpc) is 2.74. The van der Waals surface area contributed by atoms with Crippen LogP contribution in [-0.2, 0) is 0 Å². The van der Waals surface area contributed by atoms with E-state index >= 15 is 0 Å². The molecule has 1 saturated heterocycles. The van der Waals surface area contributed by atoms with Gasteiger partial charge in [0.25, 0.3) is 5.92 Å². The van der Waals surface area contributed by atoms with Gasteiger partial charge in [-0.25, -0.2) is 8.78 Å². The molecule has 0 aromatic rings. The van der Waals surface area contributed by atoms with Crippen LogP contribution in [0, 0.1) is 0 Å². The van der Waals surface area contributed by atoms with E-state index in [1.807, 2.05) is 0 Å². The lowest BCUT2D eigenvalue weighted by Gasteiger charge is -2.16. The third-order valence-corrected chi connectivity index (χ3v) is 3.51. The van der Waals surface area contributed by atoms with E-state index in [1.165, 1.54) is 0 Å². The lowest BCUT2D eigenvalue weighted by atomic mass is 10.1. The lowest BCUT2D eigenvalue weighted by molar-refractivity contribution is -0.0230. The van der Waals surface area contributed by atoms with Crippen molar-refractivity contribution in [2.75, 3.05) is 0 Å². The minimum atomic E-state index is -2.59. The number of aliphatic hydroxyl groups is 1. The maximum Gasteiger partial charge on any atom is 0.267 e. The van der Waals surface area contributed by atoms with Crippen LogP contribution in [0.1, 0.15) is 25.7 Å². The summed E-state index contributed by atoms with van der Waals surface area (Å²) in [7, 11) is 0. The Morgan fingerprint density at radius 2 is 1.92 bits per heavy atom. The molecule has 2 spiro atoms. The van der Waals surface area contributed by atoms with Gasteiger partial charge in [0.1, 0.15) is 0 Å². The Balaban J connectivity index is 1.92. The standard InChI is InChI=1S/C8H11F2NO/c9-8(10)4-6(3-5(6)12)11-7(8)1-2-7/h5,11-12H,1-4H2/t5?,6-/m1/s1. The van der Waals surface area contributed by atoms with Gasteiger partial charge in [0.2, 0.25) is 0 Å². The van der Waals surface area contributed by atoms with Crippen LogP contribution in [0.4, 0.5) is 8.78 Å². The molecular weight excluding hydrogens is 164 g/mol. The average molecular weight is 175 g/mol. The summed E-state index contributed by atoms with van der Waals surface area (Å²) < 4.78 is 26.6. The van der Waals surface area contributed by atoms with Gasteiger partial charge in [-0.3, -0.25) is 5.32 Å². The van der Waals surface area contributed by atoms with Crippen molar-refractivity contribution in [3.8, 4) is 0 Å². The number of aliphatic hydroxyl groups excluding tert-OH is 1. The van der Waals surface area contributed by atoms with E-state index in [9.17, 15) is 13.9 Å². The van der Waals surface area contributed by atoms with Gasteiger partial charge in [-0.15, -0.1) is 0 Å². The molecule has 12 heavy (non-hydrogen) atoms. The SMILES string of the molecule is OC1C[C@@]12CC(F)(F)C1(CC1)N2. The number of hydrogen-bond acceptors (Lipinski definition) is 2. The fourth-order valence-electron chi connectivity index (χ4n) is 2.40.